The molecule has 0 saturated heterocycles. The lowest BCUT2D eigenvalue weighted by Gasteiger charge is -2.02. The second-order valence-corrected chi connectivity index (χ2v) is 2.37. The number of aromatic amines is 1. The summed E-state index contributed by atoms with van der Waals surface area (Å²) in [4.78, 5) is 2.91. The quantitative estimate of drug-likeness (QED) is 0.575. The Morgan fingerprint density at radius 3 is 3.00 bits per heavy atom. The van der Waals surface area contributed by atoms with Crippen LogP contribution in [0.5, 0.6) is 0 Å². The van der Waals surface area contributed by atoms with Gasteiger partial charge in [0.2, 0.25) is 6.33 Å². The second kappa shape index (κ2) is 3.37. The number of nitrogens with one attached hydrogen (secondary N) is 1. The Morgan fingerprint density at radius 2 is 2.50 bits per heavy atom. The SMILES string of the molecule is CCC(O)C[n+]1cc[nH]c1. The molecular formula is C7H13N2O+. The van der Waals surface area contributed by atoms with E-state index in [0.717, 1.165) is 6.42 Å². The number of aliphatic hydroxyl groups excluding tert-OH is 1. The first kappa shape index (κ1) is 7.28. The van der Waals surface area contributed by atoms with Crippen molar-refractivity contribution in [2.24, 2.45) is 0 Å². The van der Waals surface area contributed by atoms with Crippen molar-refractivity contribution < 1.29 is 9.67 Å². The predicted molar refractivity (Wildman–Crippen MR) is 37.3 cm³/mol. The molecule has 0 aliphatic rings. The molecular weight excluding hydrogens is 128 g/mol. The Bertz CT molecular complexity index is 172. The zero-order valence-electron chi connectivity index (χ0n) is 6.12. The molecule has 0 aromatic carbocycles. The van der Waals surface area contributed by atoms with E-state index < -0.39 is 0 Å². The lowest BCUT2D eigenvalue weighted by Crippen LogP contribution is -2.37. The first-order valence-electron chi connectivity index (χ1n) is 3.53. The molecule has 1 atom stereocenters. The average Bonchev–Trinajstić information content (AvgIpc) is 2.40. The summed E-state index contributed by atoms with van der Waals surface area (Å²) < 4.78 is 1.92. The molecule has 1 aromatic rings. The molecule has 3 heteroatoms. The zero-order valence-corrected chi connectivity index (χ0v) is 6.12. The molecule has 0 radical (unpaired) electrons. The maximum Gasteiger partial charge on any atom is 0.241 e. The fourth-order valence-electron chi connectivity index (χ4n) is 0.807. The molecule has 1 unspecified atom stereocenters. The summed E-state index contributed by atoms with van der Waals surface area (Å²) in [5.41, 5.74) is 0. The van der Waals surface area contributed by atoms with Crippen LogP contribution in [0.15, 0.2) is 18.7 Å². The minimum atomic E-state index is -0.221. The van der Waals surface area contributed by atoms with Gasteiger partial charge in [0.05, 0.1) is 6.10 Å². The average molecular weight is 141 g/mol. The van der Waals surface area contributed by atoms with E-state index in [0.29, 0.717) is 6.54 Å². The molecule has 0 bridgehead atoms. The number of H-pyrrole nitrogens is 1. The second-order valence-electron chi connectivity index (χ2n) is 2.37. The van der Waals surface area contributed by atoms with Gasteiger partial charge >= 0.3 is 0 Å². The maximum atomic E-state index is 9.20. The third kappa shape index (κ3) is 1.84. The molecule has 10 heavy (non-hydrogen) atoms. The maximum absolute atomic E-state index is 9.20. The zero-order chi connectivity index (χ0) is 7.40. The van der Waals surface area contributed by atoms with Crippen molar-refractivity contribution in [2.45, 2.75) is 26.0 Å². The summed E-state index contributed by atoms with van der Waals surface area (Å²) in [7, 11) is 0. The highest BCUT2D eigenvalue weighted by molar-refractivity contribution is 4.56. The number of imidazole rings is 1. The van der Waals surface area contributed by atoms with Crippen LogP contribution in [0.2, 0.25) is 0 Å². The molecule has 0 aliphatic carbocycles. The topological polar surface area (TPSA) is 39.9 Å². The van der Waals surface area contributed by atoms with Crippen LogP contribution in [0.4, 0.5) is 0 Å². The van der Waals surface area contributed by atoms with E-state index in [2.05, 4.69) is 4.98 Å². The minimum absolute atomic E-state index is 0.221. The Kier molecular flexibility index (Phi) is 2.45. The van der Waals surface area contributed by atoms with Crippen LogP contribution < -0.4 is 4.57 Å². The van der Waals surface area contributed by atoms with Crippen molar-refractivity contribution in [1.82, 2.24) is 4.98 Å². The van der Waals surface area contributed by atoms with Gasteiger partial charge in [-0.1, -0.05) is 6.92 Å². The van der Waals surface area contributed by atoms with Crippen LogP contribution in [-0.4, -0.2) is 16.2 Å². The molecule has 2 N–H and O–H groups in total. The van der Waals surface area contributed by atoms with Gasteiger partial charge in [-0.25, -0.2) is 4.57 Å². The number of aliphatic hydroxyl groups is 1. The van der Waals surface area contributed by atoms with Crippen LogP contribution in [-0.2, 0) is 6.54 Å². The van der Waals surface area contributed by atoms with Gasteiger partial charge in [-0.2, -0.15) is 0 Å². The van der Waals surface area contributed by atoms with Crippen molar-refractivity contribution in [3.63, 3.8) is 0 Å². The fraction of sp³-hybridized carbons (Fsp3) is 0.571. The van der Waals surface area contributed by atoms with Crippen molar-refractivity contribution in [2.75, 3.05) is 0 Å². The largest absolute Gasteiger partial charge is 0.389 e. The number of rotatable bonds is 3. The summed E-state index contributed by atoms with van der Waals surface area (Å²) in [6, 6.07) is 0. The summed E-state index contributed by atoms with van der Waals surface area (Å²) in [5.74, 6) is 0. The van der Waals surface area contributed by atoms with Gasteiger partial charge in [0.25, 0.3) is 0 Å². The van der Waals surface area contributed by atoms with Gasteiger partial charge in [-0.05, 0) is 6.42 Å². The molecule has 0 amide bonds. The van der Waals surface area contributed by atoms with E-state index in [1.54, 1.807) is 0 Å². The van der Waals surface area contributed by atoms with Crippen LogP contribution >= 0.6 is 0 Å². The summed E-state index contributed by atoms with van der Waals surface area (Å²) in [5, 5.41) is 9.20. The normalized spacial score (nSPS) is 13.4. The third-order valence-electron chi connectivity index (χ3n) is 1.50. The van der Waals surface area contributed by atoms with E-state index >= 15 is 0 Å². The molecule has 1 heterocycles. The number of nitrogens with zero attached hydrogens (tertiary/aromatic N) is 1. The van der Waals surface area contributed by atoms with Crippen LogP contribution in [0.1, 0.15) is 13.3 Å². The van der Waals surface area contributed by atoms with Crippen molar-refractivity contribution in [3.8, 4) is 0 Å². The minimum Gasteiger partial charge on any atom is -0.389 e. The molecule has 0 aliphatic heterocycles. The highest BCUT2D eigenvalue weighted by Gasteiger charge is 2.04. The van der Waals surface area contributed by atoms with Crippen molar-refractivity contribution in [3.05, 3.63) is 18.7 Å². The molecule has 1 aromatic heterocycles. The van der Waals surface area contributed by atoms with Gasteiger partial charge in [-0.3, -0.25) is 4.98 Å². The molecule has 0 saturated carbocycles. The Morgan fingerprint density at radius 1 is 1.70 bits per heavy atom. The number of hydrogen-bond donors (Lipinski definition) is 2. The van der Waals surface area contributed by atoms with Crippen LogP contribution in [0.3, 0.4) is 0 Å². The Labute approximate surface area is 60.3 Å². The highest BCUT2D eigenvalue weighted by Crippen LogP contribution is 1.87. The Hall–Kier alpha value is -0.830. The fourth-order valence-corrected chi connectivity index (χ4v) is 0.807. The molecule has 0 fully saturated rings. The number of aromatic nitrogens is 2. The van der Waals surface area contributed by atoms with E-state index in [4.69, 9.17) is 0 Å². The number of hydrogen-bond acceptors (Lipinski definition) is 1. The van der Waals surface area contributed by atoms with Gasteiger partial charge in [0.15, 0.2) is 0 Å². The molecule has 1 rings (SSSR count). The summed E-state index contributed by atoms with van der Waals surface area (Å²) >= 11 is 0. The summed E-state index contributed by atoms with van der Waals surface area (Å²) in [6.07, 6.45) is 6.15. The van der Waals surface area contributed by atoms with Crippen LogP contribution in [0, 0.1) is 0 Å². The van der Waals surface area contributed by atoms with Crippen molar-refractivity contribution in [1.29, 1.82) is 0 Å². The lowest BCUT2D eigenvalue weighted by atomic mass is 10.3. The predicted octanol–water partition coefficient (Wildman–Crippen LogP) is 0.0731. The lowest BCUT2D eigenvalue weighted by molar-refractivity contribution is -0.702. The summed E-state index contributed by atoms with van der Waals surface area (Å²) in [6.45, 7) is 2.65. The van der Waals surface area contributed by atoms with E-state index in [1.807, 2.05) is 30.2 Å². The van der Waals surface area contributed by atoms with Crippen molar-refractivity contribution >= 4 is 0 Å². The Balaban J connectivity index is 2.40. The monoisotopic (exact) mass is 141 g/mol. The van der Waals surface area contributed by atoms with Gasteiger partial charge in [-0.15, -0.1) is 0 Å². The van der Waals surface area contributed by atoms with Gasteiger partial charge in [0, 0.05) is 0 Å². The molecule has 56 valence electrons. The third-order valence-corrected chi connectivity index (χ3v) is 1.50. The smallest absolute Gasteiger partial charge is 0.241 e. The van der Waals surface area contributed by atoms with Crippen LogP contribution in [0.25, 0.3) is 0 Å². The first-order chi connectivity index (χ1) is 4.83. The first-order valence-corrected chi connectivity index (χ1v) is 3.53. The van der Waals surface area contributed by atoms with E-state index in [-0.39, 0.29) is 6.10 Å². The van der Waals surface area contributed by atoms with Gasteiger partial charge in [0.1, 0.15) is 18.9 Å². The molecule has 3 nitrogen and oxygen atoms in total. The van der Waals surface area contributed by atoms with E-state index in [1.165, 1.54) is 0 Å². The molecule has 0 spiro atoms. The van der Waals surface area contributed by atoms with E-state index in [9.17, 15) is 5.11 Å². The standard InChI is InChI=1S/C7H12N2O/c1-2-7(10)5-9-4-3-8-6-9/h3-4,6-7,10H,2,5H2,1H3/p+1. The van der Waals surface area contributed by atoms with Gasteiger partial charge < -0.3 is 5.11 Å². The highest BCUT2D eigenvalue weighted by atomic mass is 16.3.